The summed E-state index contributed by atoms with van der Waals surface area (Å²) in [5.74, 6) is -1.24. The van der Waals surface area contributed by atoms with Crippen LogP contribution in [-0.2, 0) is 14.8 Å². The quantitative estimate of drug-likeness (QED) is 0.811. The van der Waals surface area contributed by atoms with E-state index in [1.807, 2.05) is 0 Å². The van der Waals surface area contributed by atoms with E-state index < -0.39 is 32.4 Å². The number of amides is 1. The highest BCUT2D eigenvalue weighted by Gasteiger charge is 2.37. The maximum absolute atomic E-state index is 14.3. The summed E-state index contributed by atoms with van der Waals surface area (Å²) in [4.78, 5) is 11.8. The maximum atomic E-state index is 14.3. The molecule has 0 saturated heterocycles. The first-order valence-corrected chi connectivity index (χ1v) is 9.45. The average Bonchev–Trinajstić information content (AvgIpc) is 2.94. The van der Waals surface area contributed by atoms with Gasteiger partial charge in [0.1, 0.15) is 16.3 Å². The van der Waals surface area contributed by atoms with E-state index in [0.717, 1.165) is 23.7 Å². The van der Waals surface area contributed by atoms with Crippen LogP contribution in [0.2, 0.25) is 0 Å². The standard InChI is InChI=1S/C15H18FN3O4S2/c1-9-7-12(10(16)8-11(9)17)25(21,22)19(13-5-6-24-18-13)14(20)23-15(2,3)4/h5-8H,17H2,1-4H3. The first-order chi connectivity index (χ1) is 11.4. The summed E-state index contributed by atoms with van der Waals surface area (Å²) in [6.45, 7) is 6.30. The molecular weight excluding hydrogens is 369 g/mol. The molecule has 2 aromatic rings. The highest BCUT2D eigenvalue weighted by molar-refractivity contribution is 7.93. The van der Waals surface area contributed by atoms with Gasteiger partial charge in [-0.05, 0) is 63.0 Å². The molecule has 0 aliphatic heterocycles. The predicted molar refractivity (Wildman–Crippen MR) is 93.6 cm³/mol. The van der Waals surface area contributed by atoms with Crippen molar-refractivity contribution in [3.63, 3.8) is 0 Å². The lowest BCUT2D eigenvalue weighted by Gasteiger charge is -2.25. The number of hydrogen-bond donors (Lipinski definition) is 1. The molecule has 10 heteroatoms. The number of hydrogen-bond acceptors (Lipinski definition) is 7. The van der Waals surface area contributed by atoms with Crippen molar-refractivity contribution < 1.29 is 22.3 Å². The topological polar surface area (TPSA) is 103 Å². The number of benzene rings is 1. The second kappa shape index (κ2) is 6.60. The van der Waals surface area contributed by atoms with Crippen molar-refractivity contribution in [2.24, 2.45) is 0 Å². The highest BCUT2D eigenvalue weighted by atomic mass is 32.2. The predicted octanol–water partition coefficient (Wildman–Crippen LogP) is 3.30. The first kappa shape index (κ1) is 19.1. The van der Waals surface area contributed by atoms with Crippen LogP contribution < -0.4 is 10.0 Å². The number of halogens is 1. The number of rotatable bonds is 3. The Labute approximate surface area is 149 Å². The van der Waals surface area contributed by atoms with Crippen LogP contribution in [0, 0.1) is 12.7 Å². The van der Waals surface area contributed by atoms with Gasteiger partial charge in [0.25, 0.3) is 10.0 Å². The summed E-state index contributed by atoms with van der Waals surface area (Å²) < 4.78 is 49.5. The van der Waals surface area contributed by atoms with Gasteiger partial charge < -0.3 is 10.5 Å². The number of nitrogens with two attached hydrogens (primary N) is 1. The molecule has 0 bridgehead atoms. The first-order valence-electron chi connectivity index (χ1n) is 7.18. The minimum Gasteiger partial charge on any atom is -0.443 e. The lowest BCUT2D eigenvalue weighted by atomic mass is 10.2. The fraction of sp³-hybridized carbons (Fsp3) is 0.333. The molecule has 0 radical (unpaired) electrons. The number of anilines is 2. The van der Waals surface area contributed by atoms with Gasteiger partial charge in [-0.3, -0.25) is 0 Å². The molecule has 2 N–H and O–H groups in total. The van der Waals surface area contributed by atoms with Gasteiger partial charge in [-0.25, -0.2) is 17.6 Å². The molecule has 1 aromatic carbocycles. The molecule has 0 aliphatic carbocycles. The smallest absolute Gasteiger partial charge is 0.430 e. The Morgan fingerprint density at radius 3 is 2.52 bits per heavy atom. The molecule has 1 heterocycles. The molecule has 0 atom stereocenters. The van der Waals surface area contributed by atoms with E-state index in [1.54, 1.807) is 20.8 Å². The third-order valence-electron chi connectivity index (χ3n) is 3.03. The second-order valence-corrected chi connectivity index (χ2v) is 8.67. The number of carbonyl (C=O) groups excluding carboxylic acids is 1. The largest absolute Gasteiger partial charge is 0.443 e. The molecule has 0 unspecified atom stereocenters. The fourth-order valence-electron chi connectivity index (χ4n) is 1.90. The molecule has 1 amide bonds. The van der Waals surface area contributed by atoms with Gasteiger partial charge in [-0.1, -0.05) is 0 Å². The van der Waals surface area contributed by atoms with Crippen molar-refractivity contribution in [2.75, 3.05) is 10.0 Å². The zero-order valence-electron chi connectivity index (χ0n) is 14.1. The van der Waals surface area contributed by atoms with E-state index in [2.05, 4.69) is 4.37 Å². The van der Waals surface area contributed by atoms with E-state index in [1.165, 1.54) is 18.4 Å². The molecule has 0 aliphatic rings. The summed E-state index contributed by atoms with van der Waals surface area (Å²) in [5, 5.41) is 1.49. The highest BCUT2D eigenvalue weighted by Crippen LogP contribution is 2.29. The van der Waals surface area contributed by atoms with Crippen molar-refractivity contribution in [3.8, 4) is 0 Å². The molecule has 0 fully saturated rings. The van der Waals surface area contributed by atoms with Crippen molar-refractivity contribution >= 4 is 39.2 Å². The Hall–Kier alpha value is -2.20. The van der Waals surface area contributed by atoms with Crippen LogP contribution in [0.25, 0.3) is 0 Å². The molecule has 1 aromatic heterocycles. The number of ether oxygens (including phenoxy) is 1. The molecule has 2 rings (SSSR count). The van der Waals surface area contributed by atoms with Gasteiger partial charge in [-0.2, -0.15) is 4.37 Å². The Balaban J connectivity index is 2.61. The van der Waals surface area contributed by atoms with Crippen molar-refractivity contribution in [3.05, 3.63) is 35.0 Å². The minimum absolute atomic E-state index is 0.105. The van der Waals surface area contributed by atoms with Gasteiger partial charge >= 0.3 is 6.09 Å². The number of aromatic nitrogens is 1. The Bertz CT molecular complexity index is 890. The third kappa shape index (κ3) is 4.07. The van der Waals surface area contributed by atoms with E-state index in [0.29, 0.717) is 9.87 Å². The SMILES string of the molecule is Cc1cc(S(=O)(=O)N(C(=O)OC(C)(C)C)c2ccsn2)c(F)cc1N. The fourth-order valence-corrected chi connectivity index (χ4v) is 3.85. The monoisotopic (exact) mass is 387 g/mol. The van der Waals surface area contributed by atoms with Crippen molar-refractivity contribution in [2.45, 2.75) is 38.2 Å². The van der Waals surface area contributed by atoms with Crippen molar-refractivity contribution in [1.29, 1.82) is 0 Å². The van der Waals surface area contributed by atoms with E-state index in [4.69, 9.17) is 10.5 Å². The summed E-state index contributed by atoms with van der Waals surface area (Å²) in [5.41, 5.74) is 5.12. The molecule has 7 nitrogen and oxygen atoms in total. The number of aryl methyl sites for hydroxylation is 1. The normalized spacial score (nSPS) is 12.0. The number of nitrogens with zero attached hydrogens (tertiary/aromatic N) is 2. The van der Waals surface area contributed by atoms with Gasteiger partial charge in [0.15, 0.2) is 5.82 Å². The number of sulfonamides is 1. The van der Waals surface area contributed by atoms with Crippen LogP contribution in [0.4, 0.5) is 20.7 Å². The average molecular weight is 387 g/mol. The van der Waals surface area contributed by atoms with Gasteiger partial charge in [0.05, 0.1) is 0 Å². The summed E-state index contributed by atoms with van der Waals surface area (Å²) in [7, 11) is -4.59. The summed E-state index contributed by atoms with van der Waals surface area (Å²) >= 11 is 0.947. The van der Waals surface area contributed by atoms with Crippen molar-refractivity contribution in [1.82, 2.24) is 4.37 Å². The number of nitrogen functional groups attached to an aromatic ring is 1. The van der Waals surface area contributed by atoms with Crippen LogP contribution in [0.5, 0.6) is 0 Å². The maximum Gasteiger partial charge on any atom is 0.430 e. The lowest BCUT2D eigenvalue weighted by Crippen LogP contribution is -2.41. The molecule has 0 saturated carbocycles. The van der Waals surface area contributed by atoms with Gasteiger partial charge in [0, 0.05) is 11.1 Å². The van der Waals surface area contributed by atoms with E-state index in [9.17, 15) is 17.6 Å². The lowest BCUT2D eigenvalue weighted by molar-refractivity contribution is 0.0608. The Morgan fingerprint density at radius 2 is 2.00 bits per heavy atom. The second-order valence-electron chi connectivity index (χ2n) is 6.25. The van der Waals surface area contributed by atoms with Crippen LogP contribution in [0.15, 0.2) is 28.5 Å². The van der Waals surface area contributed by atoms with Crippen LogP contribution >= 0.6 is 11.5 Å². The zero-order chi connectivity index (χ0) is 19.0. The number of carbonyl (C=O) groups is 1. The molecule has 0 spiro atoms. The molecule has 136 valence electrons. The van der Waals surface area contributed by atoms with E-state index >= 15 is 0 Å². The van der Waals surface area contributed by atoms with E-state index in [-0.39, 0.29) is 11.5 Å². The third-order valence-corrected chi connectivity index (χ3v) is 5.27. The zero-order valence-corrected chi connectivity index (χ0v) is 15.7. The van der Waals surface area contributed by atoms with Gasteiger partial charge in [0.2, 0.25) is 0 Å². The minimum atomic E-state index is -4.59. The van der Waals surface area contributed by atoms with Gasteiger partial charge in [-0.15, -0.1) is 4.31 Å². The molecular formula is C15H18FN3O4S2. The Kier molecular flexibility index (Phi) is 5.05. The Morgan fingerprint density at radius 1 is 1.36 bits per heavy atom. The van der Waals surface area contributed by atoms with Crippen LogP contribution in [0.1, 0.15) is 26.3 Å². The summed E-state index contributed by atoms with van der Waals surface area (Å²) in [6.07, 6.45) is -1.17. The van der Waals surface area contributed by atoms with Crippen LogP contribution in [-0.4, -0.2) is 24.5 Å². The summed E-state index contributed by atoms with van der Waals surface area (Å²) in [6, 6.07) is 3.30. The van der Waals surface area contributed by atoms with Crippen LogP contribution in [0.3, 0.4) is 0 Å². The molecule has 25 heavy (non-hydrogen) atoms.